The lowest BCUT2D eigenvalue weighted by molar-refractivity contribution is 0.392. The third-order valence-electron chi connectivity index (χ3n) is 5.30. The van der Waals surface area contributed by atoms with Crippen LogP contribution in [0.25, 0.3) is 0 Å². The van der Waals surface area contributed by atoms with Crippen LogP contribution in [0.1, 0.15) is 30.0 Å². The summed E-state index contributed by atoms with van der Waals surface area (Å²) >= 11 is 1.20. The van der Waals surface area contributed by atoms with Crippen LogP contribution in [0.3, 0.4) is 0 Å². The summed E-state index contributed by atoms with van der Waals surface area (Å²) in [6, 6.07) is 15.5. The molecule has 31 heavy (non-hydrogen) atoms. The quantitative estimate of drug-likeness (QED) is 0.553. The van der Waals surface area contributed by atoms with Gasteiger partial charge in [0, 0.05) is 18.8 Å². The third kappa shape index (κ3) is 4.69. The van der Waals surface area contributed by atoms with Gasteiger partial charge in [-0.25, -0.2) is 16.8 Å². The fraction of sp³-hybridized carbons (Fsp3) is 0.273. The molecule has 1 aliphatic heterocycles. The molecular weight excluding hydrogens is 452 g/mol. The first-order valence-electron chi connectivity index (χ1n) is 10.1. The third-order valence-corrected chi connectivity index (χ3v) is 9.91. The predicted octanol–water partition coefficient (Wildman–Crippen LogP) is 4.25. The molecule has 0 atom stereocenters. The van der Waals surface area contributed by atoms with Gasteiger partial charge in [-0.3, -0.25) is 4.72 Å². The smallest absolute Gasteiger partial charge is 0.261 e. The van der Waals surface area contributed by atoms with Crippen LogP contribution in [0.2, 0.25) is 0 Å². The van der Waals surface area contributed by atoms with E-state index in [1.165, 1.54) is 15.6 Å². The number of rotatable bonds is 7. The van der Waals surface area contributed by atoms with Gasteiger partial charge >= 0.3 is 0 Å². The molecule has 0 saturated carbocycles. The lowest BCUT2D eigenvalue weighted by Gasteiger charge is -2.28. The number of fused-ring (bicyclic) bond motifs is 1. The second-order valence-corrected chi connectivity index (χ2v) is 12.3. The summed E-state index contributed by atoms with van der Waals surface area (Å²) in [7, 11) is -7.28. The van der Waals surface area contributed by atoms with Crippen molar-refractivity contribution in [1.82, 2.24) is 4.31 Å². The maximum absolute atomic E-state index is 12.9. The molecule has 3 aromatic rings. The standard InChI is InChI=1S/C22H24N2O4S3/c1-2-4-17-6-10-21(11-7-17)30(25,26)23-20-9-8-18-12-13-24(16-19(18)15-20)31(27,28)22-5-3-14-29-22/h3,5-11,14-15,23H,2,4,12-13,16H2,1H3. The number of sulfonamides is 2. The molecule has 6 nitrogen and oxygen atoms in total. The van der Waals surface area contributed by atoms with Crippen LogP contribution in [-0.2, 0) is 39.4 Å². The molecular formula is C22H24N2O4S3. The van der Waals surface area contributed by atoms with E-state index in [-0.39, 0.29) is 11.4 Å². The van der Waals surface area contributed by atoms with E-state index >= 15 is 0 Å². The highest BCUT2D eigenvalue weighted by Crippen LogP contribution is 2.29. The number of anilines is 1. The summed E-state index contributed by atoms with van der Waals surface area (Å²) < 4.78 is 55.7. The molecule has 164 valence electrons. The number of hydrogen-bond donors (Lipinski definition) is 1. The fourth-order valence-corrected chi connectivity index (χ4v) is 7.29. The first-order chi connectivity index (χ1) is 14.8. The van der Waals surface area contributed by atoms with E-state index in [1.807, 2.05) is 18.2 Å². The lowest BCUT2D eigenvalue weighted by Crippen LogP contribution is -2.35. The summed E-state index contributed by atoms with van der Waals surface area (Å²) in [6.45, 7) is 2.70. The van der Waals surface area contributed by atoms with Gasteiger partial charge in [-0.15, -0.1) is 11.3 Å². The Labute approximate surface area is 187 Å². The normalized spacial score (nSPS) is 14.9. The first kappa shape index (κ1) is 22.0. The second-order valence-electron chi connectivity index (χ2n) is 7.50. The summed E-state index contributed by atoms with van der Waals surface area (Å²) in [6.07, 6.45) is 2.49. The van der Waals surface area contributed by atoms with Gasteiger partial charge in [0.1, 0.15) is 4.21 Å². The van der Waals surface area contributed by atoms with E-state index in [0.29, 0.717) is 22.9 Å². The maximum atomic E-state index is 12.9. The zero-order chi connectivity index (χ0) is 22.1. The van der Waals surface area contributed by atoms with Crippen LogP contribution in [-0.4, -0.2) is 27.7 Å². The molecule has 0 aliphatic carbocycles. The molecule has 0 amide bonds. The van der Waals surface area contributed by atoms with Gasteiger partial charge in [-0.2, -0.15) is 4.31 Å². The molecule has 0 spiro atoms. The molecule has 1 aliphatic rings. The molecule has 1 N–H and O–H groups in total. The van der Waals surface area contributed by atoms with Gasteiger partial charge in [-0.05, 0) is 65.2 Å². The predicted molar refractivity (Wildman–Crippen MR) is 123 cm³/mol. The van der Waals surface area contributed by atoms with Crippen molar-refractivity contribution < 1.29 is 16.8 Å². The van der Waals surface area contributed by atoms with E-state index in [1.54, 1.807) is 41.8 Å². The van der Waals surface area contributed by atoms with Crippen molar-refractivity contribution in [2.45, 2.75) is 41.8 Å². The van der Waals surface area contributed by atoms with Gasteiger partial charge in [0.25, 0.3) is 20.0 Å². The Morgan fingerprint density at radius 1 is 1.00 bits per heavy atom. The van der Waals surface area contributed by atoms with E-state index in [9.17, 15) is 16.8 Å². The van der Waals surface area contributed by atoms with Gasteiger partial charge in [0.05, 0.1) is 4.90 Å². The highest BCUT2D eigenvalue weighted by Gasteiger charge is 2.29. The van der Waals surface area contributed by atoms with E-state index in [0.717, 1.165) is 29.5 Å². The van der Waals surface area contributed by atoms with Crippen molar-refractivity contribution >= 4 is 37.1 Å². The summed E-state index contributed by atoms with van der Waals surface area (Å²) in [4.78, 5) is 0.201. The number of benzene rings is 2. The van der Waals surface area contributed by atoms with E-state index < -0.39 is 20.0 Å². The van der Waals surface area contributed by atoms with Crippen molar-refractivity contribution in [3.8, 4) is 0 Å². The minimum atomic E-state index is -3.73. The van der Waals surface area contributed by atoms with Crippen molar-refractivity contribution in [3.63, 3.8) is 0 Å². The Bertz CT molecular complexity index is 1270. The molecule has 4 rings (SSSR count). The van der Waals surface area contributed by atoms with Crippen LogP contribution in [0.4, 0.5) is 5.69 Å². The maximum Gasteiger partial charge on any atom is 0.261 e. The van der Waals surface area contributed by atoms with Crippen molar-refractivity contribution in [2.24, 2.45) is 0 Å². The van der Waals surface area contributed by atoms with E-state index in [2.05, 4.69) is 11.6 Å². The Morgan fingerprint density at radius 2 is 1.77 bits per heavy atom. The number of aryl methyl sites for hydroxylation is 1. The Kier molecular flexibility index (Phi) is 6.20. The molecule has 1 aromatic heterocycles. The van der Waals surface area contributed by atoms with Crippen molar-refractivity contribution in [3.05, 3.63) is 76.7 Å². The molecule has 0 fully saturated rings. The average Bonchev–Trinajstić information content (AvgIpc) is 3.29. The van der Waals surface area contributed by atoms with Gasteiger partial charge < -0.3 is 0 Å². The van der Waals surface area contributed by atoms with Crippen molar-refractivity contribution in [1.29, 1.82) is 0 Å². The van der Waals surface area contributed by atoms with Crippen LogP contribution < -0.4 is 4.72 Å². The molecule has 0 saturated heterocycles. The minimum Gasteiger partial charge on any atom is -0.280 e. The summed E-state index contributed by atoms with van der Waals surface area (Å²) in [5.41, 5.74) is 3.36. The number of hydrogen-bond acceptors (Lipinski definition) is 5. The van der Waals surface area contributed by atoms with Gasteiger partial charge in [0.15, 0.2) is 0 Å². The van der Waals surface area contributed by atoms with E-state index in [4.69, 9.17) is 0 Å². The SMILES string of the molecule is CCCc1ccc(S(=O)(=O)Nc2ccc3c(c2)CN(S(=O)(=O)c2cccs2)CC3)cc1. The fourth-order valence-electron chi connectivity index (χ4n) is 3.68. The van der Waals surface area contributed by atoms with Crippen LogP contribution >= 0.6 is 11.3 Å². The Hall–Kier alpha value is -2.20. The molecule has 0 unspecified atom stereocenters. The monoisotopic (exact) mass is 476 g/mol. The molecule has 9 heteroatoms. The number of nitrogens with one attached hydrogen (secondary N) is 1. The summed E-state index contributed by atoms with van der Waals surface area (Å²) in [5, 5.41) is 1.74. The largest absolute Gasteiger partial charge is 0.280 e. The molecule has 2 aromatic carbocycles. The first-order valence-corrected chi connectivity index (χ1v) is 13.9. The van der Waals surface area contributed by atoms with Gasteiger partial charge in [0.2, 0.25) is 0 Å². The highest BCUT2D eigenvalue weighted by atomic mass is 32.2. The highest BCUT2D eigenvalue weighted by molar-refractivity contribution is 7.92. The van der Waals surface area contributed by atoms with Crippen LogP contribution in [0, 0.1) is 0 Å². The number of nitrogens with zero attached hydrogens (tertiary/aromatic N) is 1. The topological polar surface area (TPSA) is 83.6 Å². The Balaban J connectivity index is 1.54. The molecule has 2 heterocycles. The summed E-state index contributed by atoms with van der Waals surface area (Å²) in [5.74, 6) is 0. The average molecular weight is 477 g/mol. The number of thiophene rings is 1. The minimum absolute atomic E-state index is 0.201. The zero-order valence-electron chi connectivity index (χ0n) is 17.1. The second kappa shape index (κ2) is 8.74. The van der Waals surface area contributed by atoms with Crippen LogP contribution in [0.15, 0.2) is 69.1 Å². The zero-order valence-corrected chi connectivity index (χ0v) is 19.6. The van der Waals surface area contributed by atoms with Crippen molar-refractivity contribution in [2.75, 3.05) is 11.3 Å². The Morgan fingerprint density at radius 3 is 2.45 bits per heavy atom. The van der Waals surface area contributed by atoms with Gasteiger partial charge in [-0.1, -0.05) is 37.6 Å². The van der Waals surface area contributed by atoms with Crippen LogP contribution in [0.5, 0.6) is 0 Å². The molecule has 0 radical (unpaired) electrons. The lowest BCUT2D eigenvalue weighted by atomic mass is 10.0. The molecule has 0 bridgehead atoms.